The van der Waals surface area contributed by atoms with Crippen molar-refractivity contribution in [1.29, 1.82) is 0 Å². The lowest BCUT2D eigenvalue weighted by molar-refractivity contribution is 0.0665. The Kier molecular flexibility index (Phi) is 0.443. The van der Waals surface area contributed by atoms with E-state index in [0.717, 1.165) is 0 Å². The molecule has 1 aliphatic rings. The molecule has 0 aliphatic carbocycles. The monoisotopic (exact) mass is 127 g/mol. The maximum Gasteiger partial charge on any atom is 0.107 e. The highest BCUT2D eigenvalue weighted by Crippen LogP contribution is 2.09. The Labute approximate surface area is 58.9 Å². The van der Waals surface area contributed by atoms with Gasteiger partial charge in [-0.05, 0) is 6.37 Å². The van der Waals surface area contributed by atoms with Gasteiger partial charge in [-0.2, -0.15) is 0 Å². The van der Waals surface area contributed by atoms with Crippen LogP contribution in [0.25, 0.3) is 0 Å². The molecule has 0 saturated carbocycles. The van der Waals surface area contributed by atoms with Crippen LogP contribution in [0.3, 0.4) is 0 Å². The van der Waals surface area contributed by atoms with E-state index in [1.54, 1.807) is 0 Å². The molecular formula is C5H10FNO. The van der Waals surface area contributed by atoms with Gasteiger partial charge in [0.05, 0.1) is 2.74 Å². The molecule has 2 N–H and O–H groups in total. The Morgan fingerprint density at radius 1 is 2.00 bits per heavy atom. The Morgan fingerprint density at radius 3 is 3.50 bits per heavy atom. The van der Waals surface area contributed by atoms with E-state index in [-0.39, 0.29) is 0 Å². The normalized spacial score (nSPS) is 91.8. The standard InChI is InChI=1S/C5H10FNO/c6-4-1-2-7-5(8)3-4/h4-5,7-8H,1-3H2/i1D2,2D2,3D2,4D,5D. The zero-order chi connectivity index (χ0) is 13.2. The lowest BCUT2D eigenvalue weighted by Gasteiger charge is -2.20. The second-order valence-electron chi connectivity index (χ2n) is 1.16. The molecule has 8 heavy (non-hydrogen) atoms. The first kappa shape index (κ1) is 1.47. The first-order valence-corrected chi connectivity index (χ1v) is 1.91. The van der Waals surface area contributed by atoms with Crippen molar-refractivity contribution in [3.63, 3.8) is 0 Å². The van der Waals surface area contributed by atoms with Crippen LogP contribution in [0.15, 0.2) is 0 Å². The number of alkyl halides is 1. The molecule has 0 spiro atoms. The number of halogens is 1. The third kappa shape index (κ3) is 1.42. The largest absolute Gasteiger partial charge is 0.379 e. The van der Waals surface area contributed by atoms with Gasteiger partial charge < -0.3 is 5.11 Å². The van der Waals surface area contributed by atoms with Crippen molar-refractivity contribution in [3.8, 4) is 0 Å². The van der Waals surface area contributed by atoms with Gasteiger partial charge in [-0.15, -0.1) is 0 Å². The number of rotatable bonds is 0. The molecule has 0 amide bonds. The van der Waals surface area contributed by atoms with Crippen molar-refractivity contribution in [2.24, 2.45) is 0 Å². The predicted molar refractivity (Wildman–Crippen MR) is 28.1 cm³/mol. The molecule has 1 heterocycles. The van der Waals surface area contributed by atoms with E-state index in [9.17, 15) is 9.50 Å². The van der Waals surface area contributed by atoms with Crippen molar-refractivity contribution in [2.45, 2.75) is 25.1 Å². The molecule has 1 saturated heterocycles. The molecule has 0 radical (unpaired) electrons. The molecule has 2 unspecified atom stereocenters. The van der Waals surface area contributed by atoms with Crippen LogP contribution in [0.2, 0.25) is 0 Å². The van der Waals surface area contributed by atoms with E-state index in [0.29, 0.717) is 0 Å². The van der Waals surface area contributed by atoms with Crippen LogP contribution in [-0.4, -0.2) is 24.0 Å². The van der Waals surface area contributed by atoms with Gasteiger partial charge in [0.15, 0.2) is 0 Å². The summed E-state index contributed by atoms with van der Waals surface area (Å²) >= 11 is 0. The molecule has 2 atom stereocenters. The summed E-state index contributed by atoms with van der Waals surface area (Å²) in [5, 5.41) is 10.5. The van der Waals surface area contributed by atoms with Crippen molar-refractivity contribution in [3.05, 3.63) is 0 Å². The summed E-state index contributed by atoms with van der Waals surface area (Å²) in [4.78, 5) is 0. The molecule has 0 aromatic heterocycles. The molecule has 0 bridgehead atoms. The van der Waals surface area contributed by atoms with Crippen LogP contribution < -0.4 is 5.32 Å². The van der Waals surface area contributed by atoms with Crippen LogP contribution in [0.4, 0.5) is 4.39 Å². The molecule has 0 aromatic carbocycles. The minimum atomic E-state index is -4.12. The smallest absolute Gasteiger partial charge is 0.107 e. The van der Waals surface area contributed by atoms with Crippen LogP contribution in [0.1, 0.15) is 23.7 Å². The minimum absolute atomic E-state index is 1.31. The first-order valence-electron chi connectivity index (χ1n) is 5.91. The van der Waals surface area contributed by atoms with E-state index >= 15 is 0 Å². The Hall–Kier alpha value is -0.150. The topological polar surface area (TPSA) is 32.3 Å². The van der Waals surface area contributed by atoms with Gasteiger partial charge in [-0.1, -0.05) is 0 Å². The fourth-order valence-corrected chi connectivity index (χ4v) is 0.312. The third-order valence-corrected chi connectivity index (χ3v) is 0.581. The quantitative estimate of drug-likeness (QED) is 0.481. The first-order chi connectivity index (χ1) is 6.71. The lowest BCUT2D eigenvalue weighted by Crippen LogP contribution is -2.38. The molecule has 1 fully saturated rings. The van der Waals surface area contributed by atoms with Gasteiger partial charge in [0, 0.05) is 21.1 Å². The van der Waals surface area contributed by atoms with Crippen LogP contribution in [0.5, 0.6) is 0 Å². The van der Waals surface area contributed by atoms with Gasteiger partial charge in [-0.25, -0.2) is 4.39 Å². The van der Waals surface area contributed by atoms with E-state index in [4.69, 9.17) is 11.0 Å². The average Bonchev–Trinajstić information content (AvgIpc) is 1.98. The fourth-order valence-electron chi connectivity index (χ4n) is 0.312. The van der Waals surface area contributed by atoms with Crippen LogP contribution in [0, 0.1) is 0 Å². The highest BCUT2D eigenvalue weighted by atomic mass is 19.1. The SMILES string of the molecule is [2H]C1([2H])NC([2H])(O)C([2H])([2H])C([2H])(F)C1([2H])[2H]. The number of piperidine rings is 1. The maximum absolute atomic E-state index is 13.8. The van der Waals surface area contributed by atoms with E-state index < -0.39 is 31.6 Å². The van der Waals surface area contributed by atoms with Crippen LogP contribution in [-0.2, 0) is 0 Å². The number of aliphatic hydroxyl groups is 1. The second-order valence-corrected chi connectivity index (χ2v) is 1.16. The van der Waals surface area contributed by atoms with E-state index in [2.05, 4.69) is 0 Å². The summed E-state index contributed by atoms with van der Waals surface area (Å²) < 4.78 is 70.3. The molecule has 1 rings (SSSR count). The van der Waals surface area contributed by atoms with Crippen molar-refractivity contribution in [2.75, 3.05) is 6.50 Å². The molecular weight excluding hydrogens is 109 g/mol. The Morgan fingerprint density at radius 2 is 2.75 bits per heavy atom. The average molecular weight is 127 g/mol. The predicted octanol–water partition coefficient (Wildman–Crippen LogP) is 0.0263. The van der Waals surface area contributed by atoms with E-state index in [1.165, 1.54) is 5.32 Å². The van der Waals surface area contributed by atoms with Crippen molar-refractivity contribution in [1.82, 2.24) is 5.32 Å². The summed E-state index contributed by atoms with van der Waals surface area (Å²) in [7, 11) is 0. The maximum atomic E-state index is 13.8. The fraction of sp³-hybridized carbons (Fsp3) is 1.00. The lowest BCUT2D eigenvalue weighted by atomic mass is 10.1. The summed E-state index contributed by atoms with van der Waals surface area (Å²) in [6.07, 6.45) is -14.8. The number of nitrogens with one attached hydrogen (secondary N) is 1. The summed E-state index contributed by atoms with van der Waals surface area (Å²) in [6.45, 7) is -3.26. The van der Waals surface area contributed by atoms with Gasteiger partial charge >= 0.3 is 0 Å². The van der Waals surface area contributed by atoms with Crippen molar-refractivity contribution >= 4 is 0 Å². The number of hydrogen-bond donors (Lipinski definition) is 2. The van der Waals surface area contributed by atoms with Gasteiger partial charge in [0.25, 0.3) is 0 Å². The van der Waals surface area contributed by atoms with Gasteiger partial charge in [-0.3, -0.25) is 5.32 Å². The Balaban J connectivity index is 3.43. The van der Waals surface area contributed by atoms with Gasteiger partial charge in [0.2, 0.25) is 0 Å². The zero-order valence-electron chi connectivity index (χ0n) is 11.8. The van der Waals surface area contributed by atoms with Crippen LogP contribution >= 0.6 is 0 Å². The Bertz CT molecular complexity index is 288. The summed E-state index contributed by atoms with van der Waals surface area (Å²) in [5.41, 5.74) is 0. The second kappa shape index (κ2) is 2.42. The molecule has 0 aromatic rings. The highest BCUT2D eigenvalue weighted by Gasteiger charge is 2.17. The molecule has 3 heteroatoms. The minimum Gasteiger partial charge on any atom is -0.379 e. The molecule has 1 aliphatic heterocycles. The highest BCUT2D eigenvalue weighted by molar-refractivity contribution is 4.69. The molecule has 48 valence electrons. The molecule has 2 nitrogen and oxygen atoms in total. The van der Waals surface area contributed by atoms with E-state index in [1.807, 2.05) is 0 Å². The summed E-state index contributed by atoms with van der Waals surface area (Å²) in [6, 6.07) is 0. The third-order valence-electron chi connectivity index (χ3n) is 0.581. The summed E-state index contributed by atoms with van der Waals surface area (Å²) in [5.74, 6) is 0. The zero-order valence-corrected chi connectivity index (χ0v) is 3.83. The van der Waals surface area contributed by atoms with Crippen molar-refractivity contribution < 1.29 is 20.5 Å². The van der Waals surface area contributed by atoms with Gasteiger partial charge in [0.1, 0.15) is 12.4 Å². The number of hydrogen-bond acceptors (Lipinski definition) is 2.